The third kappa shape index (κ3) is 5.98. The first-order valence-electron chi connectivity index (χ1n) is 10.4. The molecule has 3 rings (SSSR count). The molecule has 0 spiro atoms. The zero-order valence-corrected chi connectivity index (χ0v) is 19.0. The maximum atomic E-state index is 13.0. The molecular formula is C26H25ClF3NO. The van der Waals surface area contributed by atoms with Crippen LogP contribution < -0.4 is 0 Å². The molecule has 0 amide bonds. The number of halogens is 4. The largest absolute Gasteiger partial charge is 0.416 e. The highest BCUT2D eigenvalue weighted by Crippen LogP contribution is 2.34. The van der Waals surface area contributed by atoms with E-state index in [1.807, 2.05) is 18.2 Å². The van der Waals surface area contributed by atoms with Crippen LogP contribution in [0, 0.1) is 5.92 Å². The van der Waals surface area contributed by atoms with E-state index >= 15 is 0 Å². The Bertz CT molecular complexity index is 1090. The van der Waals surface area contributed by atoms with Gasteiger partial charge in [-0.3, -0.25) is 9.78 Å². The van der Waals surface area contributed by atoms with Crippen LogP contribution in [0.3, 0.4) is 0 Å². The number of carbonyl (C=O) groups excluding carboxylic acids is 1. The van der Waals surface area contributed by atoms with E-state index in [1.165, 1.54) is 12.1 Å². The summed E-state index contributed by atoms with van der Waals surface area (Å²) in [6.07, 6.45) is 0.118. The molecule has 0 radical (unpaired) electrons. The predicted octanol–water partition coefficient (Wildman–Crippen LogP) is 7.73. The Morgan fingerprint density at radius 3 is 2.28 bits per heavy atom. The molecule has 2 nitrogen and oxygen atoms in total. The topological polar surface area (TPSA) is 30.0 Å². The van der Waals surface area contributed by atoms with Crippen molar-refractivity contribution in [3.05, 3.63) is 88.2 Å². The van der Waals surface area contributed by atoms with E-state index in [9.17, 15) is 18.0 Å². The molecule has 1 aromatic heterocycles. The van der Waals surface area contributed by atoms with Crippen LogP contribution in [0.25, 0.3) is 11.1 Å². The molecule has 0 aliphatic heterocycles. The number of ketones is 1. The van der Waals surface area contributed by atoms with Gasteiger partial charge in [0.15, 0.2) is 0 Å². The average Bonchev–Trinajstić information content (AvgIpc) is 2.72. The Labute approximate surface area is 191 Å². The van der Waals surface area contributed by atoms with E-state index in [0.717, 1.165) is 34.4 Å². The third-order valence-electron chi connectivity index (χ3n) is 5.40. The number of hydrogen-bond acceptors (Lipinski definition) is 2. The van der Waals surface area contributed by atoms with E-state index in [0.29, 0.717) is 29.3 Å². The first-order valence-corrected chi connectivity index (χ1v) is 10.8. The quantitative estimate of drug-likeness (QED) is 0.362. The number of aromatic nitrogens is 1. The molecule has 1 heterocycles. The zero-order chi connectivity index (χ0) is 23.5. The Morgan fingerprint density at radius 1 is 1.03 bits per heavy atom. The van der Waals surface area contributed by atoms with Gasteiger partial charge in [0.2, 0.25) is 0 Å². The number of alkyl halides is 3. The van der Waals surface area contributed by atoms with Gasteiger partial charge < -0.3 is 0 Å². The fraction of sp³-hybridized carbons (Fsp3) is 0.308. The lowest BCUT2D eigenvalue weighted by Crippen LogP contribution is -2.12. The molecule has 0 aliphatic carbocycles. The summed E-state index contributed by atoms with van der Waals surface area (Å²) in [5.74, 6) is 0.0935. The Hall–Kier alpha value is -2.66. The van der Waals surface area contributed by atoms with Crippen LogP contribution in [0.5, 0.6) is 0 Å². The van der Waals surface area contributed by atoms with Crippen molar-refractivity contribution in [1.82, 2.24) is 4.98 Å². The fourth-order valence-corrected chi connectivity index (χ4v) is 3.98. The van der Waals surface area contributed by atoms with Gasteiger partial charge in [0.1, 0.15) is 5.78 Å². The third-order valence-corrected chi connectivity index (χ3v) is 5.77. The lowest BCUT2D eigenvalue weighted by Gasteiger charge is -2.19. The van der Waals surface area contributed by atoms with E-state index in [1.54, 1.807) is 25.4 Å². The van der Waals surface area contributed by atoms with Gasteiger partial charge in [0, 0.05) is 29.8 Å². The predicted molar refractivity (Wildman–Crippen MR) is 122 cm³/mol. The van der Waals surface area contributed by atoms with E-state index in [2.05, 4.69) is 18.8 Å². The van der Waals surface area contributed by atoms with Gasteiger partial charge in [-0.15, -0.1) is 0 Å². The fourth-order valence-electron chi connectivity index (χ4n) is 3.81. The van der Waals surface area contributed by atoms with Crippen LogP contribution in [0.1, 0.15) is 55.4 Å². The van der Waals surface area contributed by atoms with Gasteiger partial charge in [-0.2, -0.15) is 13.2 Å². The molecule has 6 heteroatoms. The zero-order valence-electron chi connectivity index (χ0n) is 18.2. The van der Waals surface area contributed by atoms with E-state index in [4.69, 9.17) is 11.6 Å². The first-order chi connectivity index (χ1) is 15.0. The maximum Gasteiger partial charge on any atom is 0.416 e. The smallest absolute Gasteiger partial charge is 0.299 e. The highest BCUT2D eigenvalue weighted by Gasteiger charge is 2.30. The monoisotopic (exact) mass is 459 g/mol. The van der Waals surface area contributed by atoms with Crippen LogP contribution >= 0.6 is 11.6 Å². The molecule has 0 bridgehead atoms. The second kappa shape index (κ2) is 9.86. The van der Waals surface area contributed by atoms with Crippen LogP contribution in [-0.4, -0.2) is 10.8 Å². The Kier molecular flexibility index (Phi) is 7.40. The number of benzene rings is 2. The summed E-state index contributed by atoms with van der Waals surface area (Å²) in [6.45, 7) is 5.70. The summed E-state index contributed by atoms with van der Waals surface area (Å²) >= 11 is 6.31. The van der Waals surface area contributed by atoms with Gasteiger partial charge in [0.25, 0.3) is 0 Å². The molecule has 0 saturated carbocycles. The van der Waals surface area contributed by atoms with Gasteiger partial charge in [-0.05, 0) is 65.3 Å². The average molecular weight is 460 g/mol. The van der Waals surface area contributed by atoms with Crippen LogP contribution in [0.15, 0.2) is 60.9 Å². The van der Waals surface area contributed by atoms with Crippen LogP contribution in [-0.2, 0) is 17.4 Å². The Morgan fingerprint density at radius 2 is 1.72 bits per heavy atom. The van der Waals surface area contributed by atoms with Crippen molar-refractivity contribution in [1.29, 1.82) is 0 Å². The SMILES string of the molecule is CC(=O)C(CC(C)C)c1cc(Cc2cnccc2Cl)cc(-c2ccc(C(F)(F)F)cc2)c1. The maximum absolute atomic E-state index is 13.0. The summed E-state index contributed by atoms with van der Waals surface area (Å²) in [5.41, 5.74) is 3.35. The summed E-state index contributed by atoms with van der Waals surface area (Å²) in [4.78, 5) is 16.6. The molecule has 0 saturated heterocycles. The highest BCUT2D eigenvalue weighted by atomic mass is 35.5. The molecule has 2 aromatic carbocycles. The Balaban J connectivity index is 2.09. The number of pyridine rings is 1. The minimum Gasteiger partial charge on any atom is -0.299 e. The van der Waals surface area contributed by atoms with Gasteiger partial charge in [-0.1, -0.05) is 55.8 Å². The van der Waals surface area contributed by atoms with Crippen molar-refractivity contribution in [3.8, 4) is 11.1 Å². The normalized spacial score (nSPS) is 12.8. The summed E-state index contributed by atoms with van der Waals surface area (Å²) in [6, 6.07) is 12.6. The standard InChI is InChI=1S/C26H25ClF3NO/c1-16(2)10-24(17(3)32)21-12-18(13-22-15-31-9-8-25(22)27)11-20(14-21)19-4-6-23(7-5-19)26(28,29)30/h4-9,11-12,14-16,24H,10,13H2,1-3H3. The first kappa shape index (κ1) is 24.0. The number of rotatable bonds is 7. The lowest BCUT2D eigenvalue weighted by molar-refractivity contribution is -0.137. The van der Waals surface area contributed by atoms with Gasteiger partial charge >= 0.3 is 6.18 Å². The van der Waals surface area contributed by atoms with Crippen molar-refractivity contribution < 1.29 is 18.0 Å². The molecule has 0 fully saturated rings. The van der Waals surface area contributed by atoms with Crippen molar-refractivity contribution in [2.24, 2.45) is 5.92 Å². The highest BCUT2D eigenvalue weighted by molar-refractivity contribution is 6.31. The van der Waals surface area contributed by atoms with E-state index < -0.39 is 11.7 Å². The molecule has 3 aromatic rings. The number of hydrogen-bond donors (Lipinski definition) is 0. The van der Waals surface area contributed by atoms with Gasteiger partial charge in [0.05, 0.1) is 5.56 Å². The van der Waals surface area contributed by atoms with Crippen molar-refractivity contribution >= 4 is 17.4 Å². The summed E-state index contributed by atoms with van der Waals surface area (Å²) in [7, 11) is 0. The minimum atomic E-state index is -4.39. The second-order valence-corrected chi connectivity index (χ2v) is 8.88. The number of nitrogens with zero attached hydrogens (tertiary/aromatic N) is 1. The molecule has 32 heavy (non-hydrogen) atoms. The molecular weight excluding hydrogens is 435 g/mol. The lowest BCUT2D eigenvalue weighted by atomic mass is 9.84. The molecule has 0 aliphatic rings. The molecule has 1 unspecified atom stereocenters. The van der Waals surface area contributed by atoms with Crippen molar-refractivity contribution in [2.75, 3.05) is 0 Å². The minimum absolute atomic E-state index is 0.0635. The number of carbonyl (C=O) groups is 1. The van der Waals surface area contributed by atoms with Crippen molar-refractivity contribution in [3.63, 3.8) is 0 Å². The van der Waals surface area contributed by atoms with Gasteiger partial charge in [-0.25, -0.2) is 0 Å². The van der Waals surface area contributed by atoms with Crippen LogP contribution in [0.2, 0.25) is 5.02 Å². The summed E-state index contributed by atoms with van der Waals surface area (Å²) < 4.78 is 39.0. The van der Waals surface area contributed by atoms with E-state index in [-0.39, 0.29) is 11.7 Å². The molecule has 1 atom stereocenters. The molecule has 0 N–H and O–H groups in total. The van der Waals surface area contributed by atoms with Crippen molar-refractivity contribution in [2.45, 2.75) is 45.7 Å². The second-order valence-electron chi connectivity index (χ2n) is 8.48. The summed E-state index contributed by atoms with van der Waals surface area (Å²) in [5, 5.41) is 0.590. The molecule has 168 valence electrons. The van der Waals surface area contributed by atoms with Crippen LogP contribution in [0.4, 0.5) is 13.2 Å². The number of Topliss-reactive ketones (excluding diaryl/α,β-unsaturated/α-hetero) is 1.